The van der Waals surface area contributed by atoms with E-state index in [4.69, 9.17) is 10.5 Å². The van der Waals surface area contributed by atoms with Gasteiger partial charge in [0, 0.05) is 35.1 Å². The third-order valence-corrected chi connectivity index (χ3v) is 8.68. The lowest BCUT2D eigenvalue weighted by Gasteiger charge is -2.32. The number of benzene rings is 3. The second-order valence-corrected chi connectivity index (χ2v) is 11.9. The molecule has 1 heterocycles. The highest BCUT2D eigenvalue weighted by atomic mass is 127. The molecule has 1 aliphatic heterocycles. The van der Waals surface area contributed by atoms with E-state index in [2.05, 4.69) is 0 Å². The Morgan fingerprint density at radius 1 is 1.08 bits per heavy atom. The van der Waals surface area contributed by atoms with Crippen LogP contribution in [0.15, 0.2) is 65.6 Å². The number of nitrogens with zero attached hydrogens (tertiary/aromatic N) is 1. The van der Waals surface area contributed by atoms with Crippen molar-refractivity contribution >= 4 is 38.5 Å². The highest BCUT2D eigenvalue weighted by molar-refractivity contribution is 14.1. The standard InChI is InChI=1S/C26H25F2IN2O4S/c27-20-12-19(11-18-8-9-21(29)14-23(18)28)25(26(30)32)24(13-20)35-16-17-5-4-10-31(15-17)36(33,34)22-6-2-1-3-7-22/h1-3,6-9,12-14,17H,4-5,10-11,15-16H2,(H2,30,32). The van der Waals surface area contributed by atoms with Gasteiger partial charge >= 0.3 is 0 Å². The highest BCUT2D eigenvalue weighted by Crippen LogP contribution is 2.29. The van der Waals surface area contributed by atoms with E-state index in [1.165, 1.54) is 10.4 Å². The Bertz CT molecular complexity index is 1370. The summed E-state index contributed by atoms with van der Waals surface area (Å²) in [5.41, 5.74) is 6.11. The molecule has 1 aliphatic rings. The third-order valence-electron chi connectivity index (χ3n) is 6.13. The normalized spacial score (nSPS) is 16.6. The molecule has 3 aromatic rings. The molecule has 0 radical (unpaired) electrons. The predicted octanol–water partition coefficient (Wildman–Crippen LogP) is 4.74. The summed E-state index contributed by atoms with van der Waals surface area (Å²) in [7, 11) is -3.65. The molecule has 1 fully saturated rings. The second kappa shape index (κ2) is 11.2. The van der Waals surface area contributed by atoms with Crippen LogP contribution in [0.1, 0.15) is 34.3 Å². The van der Waals surface area contributed by atoms with E-state index < -0.39 is 27.6 Å². The Kier molecular flexibility index (Phi) is 8.26. The van der Waals surface area contributed by atoms with Crippen LogP contribution in [0.3, 0.4) is 0 Å². The van der Waals surface area contributed by atoms with Gasteiger partial charge in [-0.3, -0.25) is 4.79 Å². The first-order valence-corrected chi connectivity index (χ1v) is 13.9. The summed E-state index contributed by atoms with van der Waals surface area (Å²) in [4.78, 5) is 12.5. The SMILES string of the molecule is NC(=O)c1c(Cc2ccc(I)cc2F)cc(F)cc1OCC1CCCN(S(=O)(=O)c2ccccc2)C1. The van der Waals surface area contributed by atoms with Crippen molar-refractivity contribution in [3.8, 4) is 5.75 Å². The lowest BCUT2D eigenvalue weighted by molar-refractivity contribution is 0.0993. The predicted molar refractivity (Wildman–Crippen MR) is 140 cm³/mol. The molecule has 6 nitrogen and oxygen atoms in total. The van der Waals surface area contributed by atoms with Gasteiger partial charge in [0.15, 0.2) is 0 Å². The van der Waals surface area contributed by atoms with Gasteiger partial charge in [0.05, 0.1) is 17.1 Å². The number of sulfonamides is 1. The van der Waals surface area contributed by atoms with Crippen molar-refractivity contribution in [1.29, 1.82) is 0 Å². The fourth-order valence-electron chi connectivity index (χ4n) is 4.37. The molecule has 1 saturated heterocycles. The van der Waals surface area contributed by atoms with Gasteiger partial charge in [0.25, 0.3) is 5.91 Å². The van der Waals surface area contributed by atoms with Crippen LogP contribution in [0.4, 0.5) is 8.78 Å². The van der Waals surface area contributed by atoms with Crippen LogP contribution < -0.4 is 10.5 Å². The number of carbonyl (C=O) groups excluding carboxylic acids is 1. The zero-order valence-electron chi connectivity index (χ0n) is 19.3. The van der Waals surface area contributed by atoms with E-state index >= 15 is 0 Å². The van der Waals surface area contributed by atoms with E-state index in [1.54, 1.807) is 42.5 Å². The van der Waals surface area contributed by atoms with Crippen molar-refractivity contribution in [2.24, 2.45) is 11.7 Å². The number of hydrogen-bond acceptors (Lipinski definition) is 4. The number of nitrogens with two attached hydrogens (primary N) is 1. The second-order valence-electron chi connectivity index (χ2n) is 8.71. The van der Waals surface area contributed by atoms with Gasteiger partial charge in [-0.2, -0.15) is 4.31 Å². The smallest absolute Gasteiger partial charge is 0.252 e. The summed E-state index contributed by atoms with van der Waals surface area (Å²) < 4.78 is 62.9. The van der Waals surface area contributed by atoms with Crippen molar-refractivity contribution in [2.75, 3.05) is 19.7 Å². The zero-order chi connectivity index (χ0) is 25.9. The molecule has 2 N–H and O–H groups in total. The van der Waals surface area contributed by atoms with Crippen molar-refractivity contribution in [3.05, 3.63) is 92.6 Å². The molecule has 36 heavy (non-hydrogen) atoms. The number of halogens is 3. The van der Waals surface area contributed by atoms with Crippen molar-refractivity contribution < 1.29 is 26.7 Å². The Morgan fingerprint density at radius 2 is 1.83 bits per heavy atom. The van der Waals surface area contributed by atoms with Crippen LogP contribution in [0, 0.1) is 21.1 Å². The Hall–Kier alpha value is -2.57. The van der Waals surface area contributed by atoms with E-state index in [-0.39, 0.29) is 47.3 Å². The summed E-state index contributed by atoms with van der Waals surface area (Å²) in [5, 5.41) is 0. The van der Waals surface area contributed by atoms with Crippen LogP contribution >= 0.6 is 22.6 Å². The van der Waals surface area contributed by atoms with Gasteiger partial charge in [0.2, 0.25) is 10.0 Å². The first-order valence-electron chi connectivity index (χ1n) is 11.4. The molecule has 0 spiro atoms. The van der Waals surface area contributed by atoms with Crippen LogP contribution in [-0.2, 0) is 16.4 Å². The quantitative estimate of drug-likeness (QED) is 0.366. The maximum atomic E-state index is 14.5. The third kappa shape index (κ3) is 6.04. The number of ether oxygens (including phenoxy) is 1. The molecular formula is C26H25F2IN2O4S. The lowest BCUT2D eigenvalue weighted by atomic mass is 9.97. The summed E-state index contributed by atoms with van der Waals surface area (Å²) in [6.45, 7) is 0.701. The van der Waals surface area contributed by atoms with Gasteiger partial charge in [-0.1, -0.05) is 24.3 Å². The minimum absolute atomic E-state index is 0.0149. The highest BCUT2D eigenvalue weighted by Gasteiger charge is 2.31. The van der Waals surface area contributed by atoms with Crippen LogP contribution in [0.2, 0.25) is 0 Å². The Labute approximate surface area is 222 Å². The molecule has 0 aliphatic carbocycles. The Morgan fingerprint density at radius 3 is 2.53 bits per heavy atom. The molecule has 190 valence electrons. The minimum Gasteiger partial charge on any atom is -0.492 e. The van der Waals surface area contributed by atoms with Gasteiger partial charge in [-0.25, -0.2) is 17.2 Å². The number of rotatable bonds is 8. The first-order chi connectivity index (χ1) is 17.1. The molecular weight excluding hydrogens is 601 g/mol. The van der Waals surface area contributed by atoms with E-state index in [9.17, 15) is 22.0 Å². The summed E-state index contributed by atoms with van der Waals surface area (Å²) in [6.07, 6.45) is 1.31. The summed E-state index contributed by atoms with van der Waals surface area (Å²) >= 11 is 1.99. The van der Waals surface area contributed by atoms with Crippen LogP contribution in [0.25, 0.3) is 0 Å². The lowest BCUT2D eigenvalue weighted by Crippen LogP contribution is -2.41. The maximum Gasteiger partial charge on any atom is 0.252 e. The number of primary amides is 1. The van der Waals surface area contributed by atoms with Crippen molar-refractivity contribution in [3.63, 3.8) is 0 Å². The van der Waals surface area contributed by atoms with E-state index in [1.807, 2.05) is 22.6 Å². The van der Waals surface area contributed by atoms with E-state index in [0.29, 0.717) is 28.5 Å². The van der Waals surface area contributed by atoms with E-state index in [0.717, 1.165) is 12.1 Å². The summed E-state index contributed by atoms with van der Waals surface area (Å²) in [6, 6.07) is 15.1. The number of amides is 1. The average Bonchev–Trinajstić information content (AvgIpc) is 2.84. The molecule has 10 heteroatoms. The fraction of sp³-hybridized carbons (Fsp3) is 0.269. The molecule has 1 unspecified atom stereocenters. The average molecular weight is 626 g/mol. The monoisotopic (exact) mass is 626 g/mol. The molecule has 3 aromatic carbocycles. The largest absolute Gasteiger partial charge is 0.492 e. The van der Waals surface area contributed by atoms with Crippen LogP contribution in [0.5, 0.6) is 5.75 Å². The zero-order valence-corrected chi connectivity index (χ0v) is 22.3. The number of carbonyl (C=O) groups is 1. The fourth-order valence-corrected chi connectivity index (χ4v) is 6.40. The maximum absolute atomic E-state index is 14.5. The molecule has 1 amide bonds. The minimum atomic E-state index is -3.65. The number of hydrogen-bond donors (Lipinski definition) is 1. The van der Waals surface area contributed by atoms with Gasteiger partial charge in [-0.05, 0) is 76.9 Å². The molecule has 4 rings (SSSR count). The summed E-state index contributed by atoms with van der Waals surface area (Å²) in [5.74, 6) is -2.13. The van der Waals surface area contributed by atoms with Crippen molar-refractivity contribution in [2.45, 2.75) is 24.2 Å². The number of piperidine rings is 1. The molecule has 1 atom stereocenters. The van der Waals surface area contributed by atoms with Crippen molar-refractivity contribution in [1.82, 2.24) is 4.31 Å². The first kappa shape index (κ1) is 26.5. The topological polar surface area (TPSA) is 89.7 Å². The van der Waals surface area contributed by atoms with Gasteiger partial charge in [-0.15, -0.1) is 0 Å². The van der Waals surface area contributed by atoms with Gasteiger partial charge < -0.3 is 10.5 Å². The molecule has 0 bridgehead atoms. The van der Waals surface area contributed by atoms with Crippen LogP contribution in [-0.4, -0.2) is 38.3 Å². The Balaban J connectivity index is 1.53. The molecule has 0 aromatic heterocycles. The molecule has 0 saturated carbocycles. The van der Waals surface area contributed by atoms with Gasteiger partial charge in [0.1, 0.15) is 17.4 Å².